The van der Waals surface area contributed by atoms with Crippen molar-refractivity contribution in [2.24, 2.45) is 5.73 Å². The summed E-state index contributed by atoms with van der Waals surface area (Å²) in [7, 11) is 1.58. The Morgan fingerprint density at radius 3 is 2.48 bits per heavy atom. The molecule has 0 heterocycles. The van der Waals surface area contributed by atoms with Crippen molar-refractivity contribution in [1.82, 2.24) is 0 Å². The van der Waals surface area contributed by atoms with E-state index in [-0.39, 0.29) is 6.42 Å². The highest BCUT2D eigenvalue weighted by atomic mass is 16.5. The van der Waals surface area contributed by atoms with E-state index in [4.69, 9.17) is 19.9 Å². The minimum Gasteiger partial charge on any atom is -0.493 e. The summed E-state index contributed by atoms with van der Waals surface area (Å²) in [5.41, 5.74) is 6.87. The maximum atomic E-state index is 12.1. The van der Waals surface area contributed by atoms with E-state index in [9.17, 15) is 4.79 Å². The molecule has 0 amide bonds. The number of para-hydroxylation sites is 1. The van der Waals surface area contributed by atoms with Crippen LogP contribution in [0.1, 0.15) is 25.0 Å². The third-order valence-electron chi connectivity index (χ3n) is 3.81. The topological polar surface area (TPSA) is 70.8 Å². The Balaban J connectivity index is 2.24. The first-order chi connectivity index (χ1) is 12.0. The number of nitrogens with two attached hydrogens (primary N) is 1. The summed E-state index contributed by atoms with van der Waals surface area (Å²) in [6.07, 6.45) is 0.285. The van der Waals surface area contributed by atoms with E-state index in [0.29, 0.717) is 24.7 Å². The normalized spacial score (nSPS) is 13.0. The number of benzene rings is 2. The maximum absolute atomic E-state index is 12.1. The molecule has 0 aliphatic rings. The third-order valence-corrected chi connectivity index (χ3v) is 3.81. The lowest BCUT2D eigenvalue weighted by molar-refractivity contribution is -0.148. The predicted octanol–water partition coefficient (Wildman–Crippen LogP) is 3.10. The zero-order valence-electron chi connectivity index (χ0n) is 15.0. The van der Waals surface area contributed by atoms with Gasteiger partial charge in [0.1, 0.15) is 12.1 Å². The number of rotatable bonds is 8. The molecular formula is C20H25NO4. The number of ether oxygens (including phenoxy) is 3. The summed E-state index contributed by atoms with van der Waals surface area (Å²) >= 11 is 0. The van der Waals surface area contributed by atoms with Crippen molar-refractivity contribution in [1.29, 1.82) is 0 Å². The van der Waals surface area contributed by atoms with Gasteiger partial charge in [0.2, 0.25) is 0 Å². The van der Waals surface area contributed by atoms with Gasteiger partial charge in [-0.3, -0.25) is 4.79 Å². The number of esters is 1. The second kappa shape index (κ2) is 8.53. The lowest BCUT2D eigenvalue weighted by atomic mass is 9.93. The highest BCUT2D eigenvalue weighted by Crippen LogP contribution is 2.33. The van der Waals surface area contributed by atoms with Gasteiger partial charge in [-0.05, 0) is 25.5 Å². The van der Waals surface area contributed by atoms with Crippen LogP contribution in [-0.4, -0.2) is 25.2 Å². The van der Waals surface area contributed by atoms with Gasteiger partial charge in [-0.15, -0.1) is 0 Å². The van der Waals surface area contributed by atoms with Gasteiger partial charge in [0.05, 0.1) is 13.7 Å². The Labute approximate surface area is 148 Å². The average Bonchev–Trinajstić information content (AvgIpc) is 2.61. The number of methoxy groups -OCH3 is 1. The molecule has 5 nitrogen and oxygen atoms in total. The van der Waals surface area contributed by atoms with Crippen molar-refractivity contribution in [2.75, 3.05) is 13.7 Å². The molecule has 0 radical (unpaired) electrons. The quantitative estimate of drug-likeness (QED) is 0.746. The van der Waals surface area contributed by atoms with Gasteiger partial charge in [0.25, 0.3) is 0 Å². The van der Waals surface area contributed by atoms with Crippen LogP contribution in [0.2, 0.25) is 0 Å². The van der Waals surface area contributed by atoms with Crippen LogP contribution in [0.4, 0.5) is 0 Å². The summed E-state index contributed by atoms with van der Waals surface area (Å²) in [6.45, 7) is 4.11. The first-order valence-electron chi connectivity index (χ1n) is 8.26. The Morgan fingerprint density at radius 1 is 1.12 bits per heavy atom. The fraction of sp³-hybridized carbons (Fsp3) is 0.350. The third kappa shape index (κ3) is 4.97. The molecule has 0 spiro atoms. The van der Waals surface area contributed by atoms with Gasteiger partial charge in [-0.2, -0.15) is 0 Å². The van der Waals surface area contributed by atoms with Crippen LogP contribution < -0.4 is 15.2 Å². The van der Waals surface area contributed by atoms with Crippen LogP contribution in [0.15, 0.2) is 48.5 Å². The van der Waals surface area contributed by atoms with E-state index < -0.39 is 11.5 Å². The number of hydrogen-bond acceptors (Lipinski definition) is 5. The summed E-state index contributed by atoms with van der Waals surface area (Å²) in [5.74, 6) is 0.759. The van der Waals surface area contributed by atoms with E-state index in [1.54, 1.807) is 21.0 Å². The standard InChI is InChI=1S/C20H25NO4/c1-4-24-19(22)20(2,21)13-16-11-8-12-17(23-3)18(16)25-14-15-9-6-5-7-10-15/h5-12H,4,13-14,21H2,1-3H3/t20-/m0/s1. The molecule has 0 fully saturated rings. The molecule has 0 unspecified atom stereocenters. The lowest BCUT2D eigenvalue weighted by Crippen LogP contribution is -2.48. The molecule has 25 heavy (non-hydrogen) atoms. The molecule has 2 rings (SSSR count). The summed E-state index contributed by atoms with van der Waals surface area (Å²) in [5, 5.41) is 0. The van der Waals surface area contributed by atoms with Gasteiger partial charge in [0.15, 0.2) is 11.5 Å². The fourth-order valence-electron chi connectivity index (χ4n) is 2.52. The molecule has 0 aliphatic heterocycles. The van der Waals surface area contributed by atoms with Crippen LogP contribution in [0.5, 0.6) is 11.5 Å². The van der Waals surface area contributed by atoms with E-state index in [0.717, 1.165) is 11.1 Å². The summed E-state index contributed by atoms with van der Waals surface area (Å²) < 4.78 is 16.5. The Bertz CT molecular complexity index is 698. The second-order valence-corrected chi connectivity index (χ2v) is 6.04. The van der Waals surface area contributed by atoms with Crippen molar-refractivity contribution in [3.05, 3.63) is 59.7 Å². The first-order valence-corrected chi connectivity index (χ1v) is 8.26. The van der Waals surface area contributed by atoms with Crippen LogP contribution in [-0.2, 0) is 22.6 Å². The van der Waals surface area contributed by atoms with Crippen LogP contribution in [0.3, 0.4) is 0 Å². The largest absolute Gasteiger partial charge is 0.493 e. The van der Waals surface area contributed by atoms with Crippen molar-refractivity contribution >= 4 is 5.97 Å². The van der Waals surface area contributed by atoms with Crippen LogP contribution in [0.25, 0.3) is 0 Å². The molecule has 0 saturated heterocycles. The van der Waals surface area contributed by atoms with Gasteiger partial charge < -0.3 is 19.9 Å². The summed E-state index contributed by atoms with van der Waals surface area (Å²) in [6, 6.07) is 15.4. The van der Waals surface area contributed by atoms with Crippen molar-refractivity contribution < 1.29 is 19.0 Å². The second-order valence-electron chi connectivity index (χ2n) is 6.04. The maximum Gasteiger partial charge on any atom is 0.326 e. The number of carbonyl (C=O) groups excluding carboxylic acids is 1. The van der Waals surface area contributed by atoms with Crippen LogP contribution >= 0.6 is 0 Å². The minimum atomic E-state index is -1.15. The monoisotopic (exact) mass is 343 g/mol. The van der Waals surface area contributed by atoms with Crippen molar-refractivity contribution in [3.8, 4) is 11.5 Å². The molecule has 134 valence electrons. The Morgan fingerprint density at radius 2 is 1.84 bits per heavy atom. The van der Waals surface area contributed by atoms with Gasteiger partial charge in [-0.1, -0.05) is 42.5 Å². The Kier molecular flexibility index (Phi) is 6.42. The van der Waals surface area contributed by atoms with Crippen LogP contribution in [0, 0.1) is 0 Å². The molecule has 1 atom stereocenters. The molecule has 2 N–H and O–H groups in total. The molecule has 2 aromatic carbocycles. The number of carbonyl (C=O) groups is 1. The molecular weight excluding hydrogens is 318 g/mol. The molecule has 0 bridgehead atoms. The molecule has 2 aromatic rings. The fourth-order valence-corrected chi connectivity index (χ4v) is 2.52. The van der Waals surface area contributed by atoms with Gasteiger partial charge in [-0.25, -0.2) is 0 Å². The highest BCUT2D eigenvalue weighted by molar-refractivity contribution is 5.80. The van der Waals surface area contributed by atoms with Crippen molar-refractivity contribution in [3.63, 3.8) is 0 Å². The summed E-state index contributed by atoms with van der Waals surface area (Å²) in [4.78, 5) is 12.1. The average molecular weight is 343 g/mol. The van der Waals surface area contributed by atoms with E-state index >= 15 is 0 Å². The predicted molar refractivity (Wildman–Crippen MR) is 96.7 cm³/mol. The zero-order chi connectivity index (χ0) is 18.3. The molecule has 5 heteroatoms. The van der Waals surface area contributed by atoms with E-state index in [1.165, 1.54) is 0 Å². The molecule has 0 aromatic heterocycles. The molecule has 0 saturated carbocycles. The highest BCUT2D eigenvalue weighted by Gasteiger charge is 2.32. The first kappa shape index (κ1) is 18.8. The zero-order valence-corrected chi connectivity index (χ0v) is 15.0. The van der Waals surface area contributed by atoms with Gasteiger partial charge >= 0.3 is 5.97 Å². The van der Waals surface area contributed by atoms with Crippen molar-refractivity contribution in [2.45, 2.75) is 32.4 Å². The van der Waals surface area contributed by atoms with Gasteiger partial charge in [0, 0.05) is 12.0 Å². The van der Waals surface area contributed by atoms with E-state index in [2.05, 4.69) is 0 Å². The minimum absolute atomic E-state index is 0.285. The SMILES string of the molecule is CCOC(=O)[C@@](C)(N)Cc1cccc(OC)c1OCc1ccccc1. The van der Waals surface area contributed by atoms with E-state index in [1.807, 2.05) is 48.5 Å². The Hall–Kier alpha value is -2.53. The number of hydrogen-bond donors (Lipinski definition) is 1. The lowest BCUT2D eigenvalue weighted by Gasteiger charge is -2.24. The smallest absolute Gasteiger partial charge is 0.326 e. The molecule has 0 aliphatic carbocycles.